The number of hydrogen-bond donors (Lipinski definition) is 0. The highest BCUT2D eigenvalue weighted by Crippen LogP contribution is 2.28. The molecule has 3 aromatic rings. The summed E-state index contributed by atoms with van der Waals surface area (Å²) >= 11 is 8.13. The fourth-order valence-corrected chi connectivity index (χ4v) is 4.89. The van der Waals surface area contributed by atoms with Crippen molar-refractivity contribution in [1.29, 1.82) is 0 Å². The highest BCUT2D eigenvalue weighted by Gasteiger charge is 2.14. The first-order chi connectivity index (χ1) is 14.4. The number of halogens is 1. The van der Waals surface area contributed by atoms with E-state index < -0.39 is 0 Å². The van der Waals surface area contributed by atoms with Crippen LogP contribution in [0.3, 0.4) is 0 Å². The van der Waals surface area contributed by atoms with E-state index in [0.29, 0.717) is 5.25 Å². The summed E-state index contributed by atoms with van der Waals surface area (Å²) < 4.78 is 2.17. The van der Waals surface area contributed by atoms with Gasteiger partial charge in [-0.15, -0.1) is 0 Å². The van der Waals surface area contributed by atoms with Gasteiger partial charge in [-0.05, 0) is 59.9 Å². The highest BCUT2D eigenvalue weighted by molar-refractivity contribution is 7.99. The van der Waals surface area contributed by atoms with Crippen LogP contribution in [0.15, 0.2) is 67.3 Å². The summed E-state index contributed by atoms with van der Waals surface area (Å²) in [7, 11) is 0. The molecule has 30 heavy (non-hydrogen) atoms. The van der Waals surface area contributed by atoms with Crippen molar-refractivity contribution in [3.8, 4) is 0 Å². The first-order valence-corrected chi connectivity index (χ1v) is 12.2. The number of aromatic nitrogens is 2. The van der Waals surface area contributed by atoms with Gasteiger partial charge in [-0.3, -0.25) is 0 Å². The third-order valence-corrected chi connectivity index (χ3v) is 7.17. The van der Waals surface area contributed by atoms with E-state index in [9.17, 15) is 0 Å². The largest absolute Gasteiger partial charge is 0.337 e. The van der Waals surface area contributed by atoms with Crippen LogP contribution in [0.4, 0.5) is 0 Å². The summed E-state index contributed by atoms with van der Waals surface area (Å²) in [5, 5.41) is 1.45. The lowest BCUT2D eigenvalue weighted by molar-refractivity contribution is 0.580. The summed E-state index contributed by atoms with van der Waals surface area (Å²) in [5.41, 5.74) is 4.39. The number of imidazole rings is 1. The van der Waals surface area contributed by atoms with E-state index in [0.717, 1.165) is 23.7 Å². The Balaban J connectivity index is 1.55. The van der Waals surface area contributed by atoms with Crippen molar-refractivity contribution in [2.75, 3.05) is 0 Å². The van der Waals surface area contributed by atoms with Crippen molar-refractivity contribution >= 4 is 23.4 Å². The maximum Gasteiger partial charge on any atom is 0.0945 e. The van der Waals surface area contributed by atoms with Crippen molar-refractivity contribution in [3.63, 3.8) is 0 Å². The number of hydrogen-bond acceptors (Lipinski definition) is 2. The molecule has 1 atom stereocenters. The lowest BCUT2D eigenvalue weighted by atomic mass is 9.87. The third-order valence-electron chi connectivity index (χ3n) is 5.48. The molecule has 0 aliphatic heterocycles. The summed E-state index contributed by atoms with van der Waals surface area (Å²) in [6, 6.07) is 17.5. The van der Waals surface area contributed by atoms with Crippen LogP contribution < -0.4 is 0 Å². The Bertz CT molecular complexity index is 865. The van der Waals surface area contributed by atoms with Gasteiger partial charge in [-0.25, -0.2) is 4.98 Å². The second-order valence-electron chi connectivity index (χ2n) is 8.99. The molecule has 0 spiro atoms. The van der Waals surface area contributed by atoms with Crippen LogP contribution in [0.25, 0.3) is 0 Å². The molecule has 1 aromatic heterocycles. The molecule has 0 bridgehead atoms. The molecule has 0 saturated heterocycles. The number of aryl methyl sites for hydroxylation is 2. The fraction of sp³-hybridized carbons (Fsp3) is 0.423. The number of nitrogens with zero attached hydrogens (tertiary/aromatic N) is 2. The van der Waals surface area contributed by atoms with Crippen molar-refractivity contribution in [2.24, 2.45) is 0 Å². The smallest absolute Gasteiger partial charge is 0.0945 e. The van der Waals surface area contributed by atoms with Crippen LogP contribution in [0.5, 0.6) is 0 Å². The second kappa shape index (κ2) is 11.1. The summed E-state index contributed by atoms with van der Waals surface area (Å²) in [6.07, 6.45) is 10.5. The van der Waals surface area contributed by atoms with Gasteiger partial charge in [0.05, 0.1) is 6.33 Å². The quantitative estimate of drug-likeness (QED) is 0.324. The third kappa shape index (κ3) is 7.52. The fourth-order valence-electron chi connectivity index (χ4n) is 3.53. The zero-order valence-electron chi connectivity index (χ0n) is 18.4. The van der Waals surface area contributed by atoms with Crippen LogP contribution in [-0.4, -0.2) is 14.8 Å². The van der Waals surface area contributed by atoms with E-state index >= 15 is 0 Å². The van der Waals surface area contributed by atoms with Crippen molar-refractivity contribution in [3.05, 3.63) is 89.0 Å². The Morgan fingerprint density at radius 2 is 1.67 bits per heavy atom. The monoisotopic (exact) mass is 440 g/mol. The molecule has 0 N–H and O–H groups in total. The van der Waals surface area contributed by atoms with E-state index in [4.69, 9.17) is 11.6 Å². The molecule has 160 valence electrons. The minimum atomic E-state index is 0.208. The highest BCUT2D eigenvalue weighted by atomic mass is 35.5. The van der Waals surface area contributed by atoms with Gasteiger partial charge in [0.15, 0.2) is 0 Å². The normalized spacial score (nSPS) is 12.8. The Hall–Kier alpha value is -1.71. The van der Waals surface area contributed by atoms with E-state index in [1.165, 1.54) is 36.0 Å². The van der Waals surface area contributed by atoms with Gasteiger partial charge < -0.3 is 4.57 Å². The van der Waals surface area contributed by atoms with Gasteiger partial charge >= 0.3 is 0 Å². The average molecular weight is 441 g/mol. The first-order valence-electron chi connectivity index (χ1n) is 10.8. The lowest BCUT2D eigenvalue weighted by Crippen LogP contribution is -2.10. The van der Waals surface area contributed by atoms with Crippen LogP contribution in [0, 0.1) is 0 Å². The molecule has 0 aliphatic rings. The standard InChI is InChI=1S/C26H33ClN2S/c1-26(2,3)23-11-6-22(7-12-23)19-30-25(5-4-17-29-18-16-28-20-29)15-10-21-8-13-24(27)14-9-21/h6-9,11-14,16,18,20,25H,4-5,10,15,17,19H2,1-3H3. The molecule has 2 nitrogen and oxygen atoms in total. The van der Waals surface area contributed by atoms with Crippen LogP contribution >= 0.6 is 23.4 Å². The zero-order valence-corrected chi connectivity index (χ0v) is 19.9. The predicted molar refractivity (Wildman–Crippen MR) is 131 cm³/mol. The molecule has 0 amide bonds. The van der Waals surface area contributed by atoms with Crippen molar-refractivity contribution in [2.45, 2.75) is 69.4 Å². The average Bonchev–Trinajstić information content (AvgIpc) is 3.24. The summed E-state index contributed by atoms with van der Waals surface area (Å²) in [6.45, 7) is 7.84. The van der Waals surface area contributed by atoms with Crippen molar-refractivity contribution < 1.29 is 0 Å². The molecular weight excluding hydrogens is 408 g/mol. The number of benzene rings is 2. The van der Waals surface area contributed by atoms with E-state index in [-0.39, 0.29) is 5.41 Å². The Kier molecular flexibility index (Phi) is 8.47. The van der Waals surface area contributed by atoms with Gasteiger partial charge in [0.25, 0.3) is 0 Å². The molecule has 1 unspecified atom stereocenters. The molecule has 0 radical (unpaired) electrons. The molecule has 0 saturated carbocycles. The molecular formula is C26H33ClN2S. The van der Waals surface area contributed by atoms with Crippen molar-refractivity contribution in [1.82, 2.24) is 9.55 Å². The molecule has 1 heterocycles. The SMILES string of the molecule is CC(C)(C)c1ccc(CSC(CCCn2ccnc2)CCc2ccc(Cl)cc2)cc1. The van der Waals surface area contributed by atoms with Crippen LogP contribution in [-0.2, 0) is 24.1 Å². The van der Waals surface area contributed by atoms with Crippen LogP contribution in [0.1, 0.15) is 56.7 Å². The summed E-state index contributed by atoms with van der Waals surface area (Å²) in [5.74, 6) is 1.07. The number of rotatable bonds is 10. The predicted octanol–water partition coefficient (Wildman–Crippen LogP) is 7.55. The molecule has 3 rings (SSSR count). The van der Waals surface area contributed by atoms with Gasteiger partial charge in [-0.2, -0.15) is 11.8 Å². The molecule has 4 heteroatoms. The van der Waals surface area contributed by atoms with E-state index in [1.807, 2.05) is 30.9 Å². The molecule has 0 aliphatic carbocycles. The minimum absolute atomic E-state index is 0.208. The Morgan fingerprint density at radius 1 is 0.967 bits per heavy atom. The van der Waals surface area contributed by atoms with E-state index in [1.54, 1.807) is 0 Å². The zero-order chi connectivity index (χ0) is 21.4. The first kappa shape index (κ1) is 23.0. The maximum absolute atomic E-state index is 6.04. The second-order valence-corrected chi connectivity index (χ2v) is 10.7. The lowest BCUT2D eigenvalue weighted by Gasteiger charge is -2.20. The number of thioether (sulfide) groups is 1. The minimum Gasteiger partial charge on any atom is -0.337 e. The maximum atomic E-state index is 6.04. The Morgan fingerprint density at radius 3 is 2.30 bits per heavy atom. The molecule has 0 fully saturated rings. The summed E-state index contributed by atoms with van der Waals surface area (Å²) in [4.78, 5) is 4.15. The van der Waals surface area contributed by atoms with Gasteiger partial charge in [-0.1, -0.05) is 68.8 Å². The topological polar surface area (TPSA) is 17.8 Å². The van der Waals surface area contributed by atoms with Gasteiger partial charge in [0.1, 0.15) is 0 Å². The van der Waals surface area contributed by atoms with Gasteiger partial charge in [0.2, 0.25) is 0 Å². The van der Waals surface area contributed by atoms with Crippen LogP contribution in [0.2, 0.25) is 5.02 Å². The Labute approximate surface area is 191 Å². The van der Waals surface area contributed by atoms with Gasteiger partial charge in [0, 0.05) is 35.0 Å². The van der Waals surface area contributed by atoms with E-state index in [2.05, 4.69) is 78.5 Å². The molecule has 2 aromatic carbocycles.